The molecule has 2 fully saturated rings. The maximum absolute atomic E-state index is 11.5. The zero-order valence-corrected chi connectivity index (χ0v) is 9.41. The number of carbonyl (C=O) groups is 2. The molecule has 84 valence electrons. The SMILES string of the molecule is CC(=O)CCC1CCC2CC1(C)OC2=O. The van der Waals surface area contributed by atoms with Gasteiger partial charge in [-0.2, -0.15) is 0 Å². The number of rotatable bonds is 3. The van der Waals surface area contributed by atoms with Crippen molar-refractivity contribution in [2.45, 2.75) is 51.6 Å². The third kappa shape index (κ3) is 1.92. The standard InChI is InChI=1S/C12H18O3/c1-8(13)3-5-10-6-4-9-7-12(10,2)15-11(9)14/h9-10H,3-7H2,1-2H3. The van der Waals surface area contributed by atoms with E-state index in [1.165, 1.54) is 0 Å². The second kappa shape index (κ2) is 3.62. The predicted molar refractivity (Wildman–Crippen MR) is 55.2 cm³/mol. The highest BCUT2D eigenvalue weighted by Gasteiger charge is 2.51. The smallest absolute Gasteiger partial charge is 0.309 e. The highest BCUT2D eigenvalue weighted by Crippen LogP contribution is 2.47. The molecular formula is C12H18O3. The van der Waals surface area contributed by atoms with Crippen LogP contribution in [0.3, 0.4) is 0 Å². The van der Waals surface area contributed by atoms with Crippen molar-refractivity contribution < 1.29 is 14.3 Å². The Hall–Kier alpha value is -0.860. The third-order valence-electron chi connectivity index (χ3n) is 3.89. The van der Waals surface area contributed by atoms with E-state index in [0.717, 1.165) is 25.7 Å². The van der Waals surface area contributed by atoms with E-state index in [1.807, 2.05) is 6.92 Å². The monoisotopic (exact) mass is 210 g/mol. The quantitative estimate of drug-likeness (QED) is 0.670. The normalized spacial score (nSPS) is 38.9. The van der Waals surface area contributed by atoms with Crippen LogP contribution < -0.4 is 0 Å². The van der Waals surface area contributed by atoms with Crippen LogP contribution in [0, 0.1) is 11.8 Å². The molecule has 1 aliphatic carbocycles. The molecule has 2 bridgehead atoms. The summed E-state index contributed by atoms with van der Waals surface area (Å²) in [6.45, 7) is 3.64. The van der Waals surface area contributed by atoms with E-state index < -0.39 is 0 Å². The molecule has 2 rings (SSSR count). The summed E-state index contributed by atoms with van der Waals surface area (Å²) in [6.07, 6.45) is 4.31. The molecule has 0 N–H and O–H groups in total. The number of hydrogen-bond acceptors (Lipinski definition) is 3. The molecule has 1 heterocycles. The fraction of sp³-hybridized carbons (Fsp3) is 0.833. The Morgan fingerprint density at radius 2 is 2.27 bits per heavy atom. The van der Waals surface area contributed by atoms with Crippen molar-refractivity contribution in [3.63, 3.8) is 0 Å². The average molecular weight is 210 g/mol. The van der Waals surface area contributed by atoms with Gasteiger partial charge in [0.05, 0.1) is 5.92 Å². The largest absolute Gasteiger partial charge is 0.459 e. The van der Waals surface area contributed by atoms with Crippen LogP contribution in [0.4, 0.5) is 0 Å². The minimum Gasteiger partial charge on any atom is -0.459 e. The second-order valence-electron chi connectivity index (χ2n) is 5.15. The molecule has 1 saturated heterocycles. The lowest BCUT2D eigenvalue weighted by atomic mass is 9.72. The fourth-order valence-electron chi connectivity index (χ4n) is 2.93. The van der Waals surface area contributed by atoms with Crippen LogP contribution in [-0.2, 0) is 14.3 Å². The van der Waals surface area contributed by atoms with E-state index in [4.69, 9.17) is 4.74 Å². The number of carbonyl (C=O) groups excluding carboxylic acids is 2. The van der Waals surface area contributed by atoms with Crippen molar-refractivity contribution in [2.75, 3.05) is 0 Å². The molecule has 3 unspecified atom stereocenters. The first kappa shape index (κ1) is 10.7. The second-order valence-corrected chi connectivity index (χ2v) is 5.15. The minimum absolute atomic E-state index is 0.0252. The van der Waals surface area contributed by atoms with Crippen LogP contribution in [0.15, 0.2) is 0 Å². The van der Waals surface area contributed by atoms with Gasteiger partial charge in [-0.3, -0.25) is 4.79 Å². The fourth-order valence-corrected chi connectivity index (χ4v) is 2.93. The summed E-state index contributed by atoms with van der Waals surface area (Å²) in [4.78, 5) is 22.4. The number of hydrogen-bond donors (Lipinski definition) is 0. The first-order valence-electron chi connectivity index (χ1n) is 5.73. The van der Waals surface area contributed by atoms with Gasteiger partial charge in [0.2, 0.25) is 0 Å². The Morgan fingerprint density at radius 1 is 1.53 bits per heavy atom. The summed E-state index contributed by atoms with van der Waals surface area (Å²) in [5, 5.41) is 0. The van der Waals surface area contributed by atoms with Crippen LogP contribution in [0.5, 0.6) is 0 Å². The molecule has 3 nitrogen and oxygen atoms in total. The van der Waals surface area contributed by atoms with Gasteiger partial charge in [-0.05, 0) is 39.0 Å². The minimum atomic E-state index is -0.282. The maximum Gasteiger partial charge on any atom is 0.309 e. The van der Waals surface area contributed by atoms with Crippen LogP contribution in [-0.4, -0.2) is 17.4 Å². The van der Waals surface area contributed by atoms with E-state index in [-0.39, 0.29) is 23.3 Å². The van der Waals surface area contributed by atoms with Gasteiger partial charge in [0, 0.05) is 12.8 Å². The predicted octanol–water partition coefficient (Wildman–Crippen LogP) is 2.09. The Bertz CT molecular complexity index is 297. The molecule has 0 spiro atoms. The summed E-state index contributed by atoms with van der Waals surface area (Å²) in [6, 6.07) is 0. The lowest BCUT2D eigenvalue weighted by molar-refractivity contribution is -0.151. The van der Waals surface area contributed by atoms with Crippen LogP contribution in [0.25, 0.3) is 0 Å². The molecule has 0 aromatic heterocycles. The van der Waals surface area contributed by atoms with Gasteiger partial charge in [-0.15, -0.1) is 0 Å². The summed E-state index contributed by atoms with van der Waals surface area (Å²) < 4.78 is 5.47. The van der Waals surface area contributed by atoms with Crippen molar-refractivity contribution in [1.29, 1.82) is 0 Å². The first-order valence-corrected chi connectivity index (χ1v) is 5.73. The van der Waals surface area contributed by atoms with E-state index in [2.05, 4.69) is 0 Å². The van der Waals surface area contributed by atoms with Gasteiger partial charge >= 0.3 is 5.97 Å². The van der Waals surface area contributed by atoms with Crippen molar-refractivity contribution in [2.24, 2.45) is 11.8 Å². The van der Waals surface area contributed by atoms with Gasteiger partial charge in [0.25, 0.3) is 0 Å². The Balaban J connectivity index is 2.01. The van der Waals surface area contributed by atoms with Gasteiger partial charge < -0.3 is 9.53 Å². The molecule has 3 atom stereocenters. The highest BCUT2D eigenvalue weighted by molar-refractivity contribution is 5.76. The number of Topliss-reactive ketones (excluding diaryl/α,β-unsaturated/α-hetero) is 1. The number of esters is 1. The molecule has 15 heavy (non-hydrogen) atoms. The highest BCUT2D eigenvalue weighted by atomic mass is 16.6. The number of fused-ring (bicyclic) bond motifs is 2. The van der Waals surface area contributed by atoms with Crippen LogP contribution in [0.2, 0.25) is 0 Å². The maximum atomic E-state index is 11.5. The molecule has 0 aromatic carbocycles. The summed E-state index contributed by atoms with van der Waals surface area (Å²) in [5.74, 6) is 0.709. The summed E-state index contributed by atoms with van der Waals surface area (Å²) >= 11 is 0. The molecule has 2 aliphatic rings. The number of ketones is 1. The van der Waals surface area contributed by atoms with Gasteiger partial charge in [0.1, 0.15) is 11.4 Å². The Kier molecular flexibility index (Phi) is 2.57. The number of ether oxygens (including phenoxy) is 1. The zero-order chi connectivity index (χ0) is 11.1. The van der Waals surface area contributed by atoms with Gasteiger partial charge in [0.15, 0.2) is 0 Å². The average Bonchev–Trinajstić information content (AvgIpc) is 2.36. The Morgan fingerprint density at radius 3 is 2.93 bits per heavy atom. The Labute approximate surface area is 90.2 Å². The van der Waals surface area contributed by atoms with E-state index in [1.54, 1.807) is 6.92 Å². The van der Waals surface area contributed by atoms with Crippen molar-refractivity contribution in [3.8, 4) is 0 Å². The molecule has 1 aliphatic heterocycles. The lowest BCUT2D eigenvalue weighted by Crippen LogP contribution is -2.36. The van der Waals surface area contributed by atoms with E-state index >= 15 is 0 Å². The van der Waals surface area contributed by atoms with E-state index in [9.17, 15) is 9.59 Å². The zero-order valence-electron chi connectivity index (χ0n) is 9.41. The van der Waals surface area contributed by atoms with E-state index in [0.29, 0.717) is 12.3 Å². The van der Waals surface area contributed by atoms with Crippen molar-refractivity contribution >= 4 is 11.8 Å². The van der Waals surface area contributed by atoms with Crippen LogP contribution in [0.1, 0.15) is 46.0 Å². The summed E-state index contributed by atoms with van der Waals surface area (Å²) in [5.41, 5.74) is -0.282. The van der Waals surface area contributed by atoms with Crippen LogP contribution >= 0.6 is 0 Å². The molecule has 0 amide bonds. The van der Waals surface area contributed by atoms with Crippen molar-refractivity contribution in [3.05, 3.63) is 0 Å². The molecule has 1 saturated carbocycles. The van der Waals surface area contributed by atoms with Gasteiger partial charge in [-0.1, -0.05) is 0 Å². The molecule has 3 heteroatoms. The summed E-state index contributed by atoms with van der Waals surface area (Å²) in [7, 11) is 0. The third-order valence-corrected chi connectivity index (χ3v) is 3.89. The topological polar surface area (TPSA) is 43.4 Å². The van der Waals surface area contributed by atoms with Gasteiger partial charge in [-0.25, -0.2) is 0 Å². The van der Waals surface area contributed by atoms with Crippen molar-refractivity contribution in [1.82, 2.24) is 0 Å². The molecule has 0 aromatic rings. The lowest BCUT2D eigenvalue weighted by Gasteiger charge is -2.35. The molecular weight excluding hydrogens is 192 g/mol. The first-order chi connectivity index (χ1) is 7.01. The molecule has 0 radical (unpaired) electrons.